The van der Waals surface area contributed by atoms with Gasteiger partial charge in [-0.25, -0.2) is 0 Å². The van der Waals surface area contributed by atoms with Gasteiger partial charge in [0.05, 0.1) is 26.2 Å². The predicted octanol–water partition coefficient (Wildman–Crippen LogP) is 4.92. The molecule has 0 aromatic carbocycles. The molecule has 1 aliphatic rings. The maximum atomic E-state index is 12.5. The Hall–Kier alpha value is -2.77. The Morgan fingerprint density at radius 2 is 0.980 bits per heavy atom. The molecule has 284 valence electrons. The molecule has 0 aliphatic carbocycles. The van der Waals surface area contributed by atoms with Crippen LogP contribution in [0.2, 0.25) is 0 Å². The van der Waals surface area contributed by atoms with Crippen molar-refractivity contribution in [2.45, 2.75) is 141 Å². The van der Waals surface area contributed by atoms with Crippen LogP contribution in [0.5, 0.6) is 0 Å². The van der Waals surface area contributed by atoms with E-state index in [-0.39, 0.29) is 58.0 Å². The Kier molecular flexibility index (Phi) is 24.4. The third-order valence-corrected chi connectivity index (χ3v) is 9.46. The van der Waals surface area contributed by atoms with Gasteiger partial charge in [0, 0.05) is 44.7 Å². The number of nitrogens with one attached hydrogen (secondary N) is 1. The summed E-state index contributed by atoms with van der Waals surface area (Å²) < 4.78 is 0. The van der Waals surface area contributed by atoms with Crippen LogP contribution >= 0.6 is 0 Å². The van der Waals surface area contributed by atoms with Crippen molar-refractivity contribution in [2.24, 2.45) is 0 Å². The van der Waals surface area contributed by atoms with Gasteiger partial charge in [-0.3, -0.25) is 38.7 Å². The molecule has 1 heterocycles. The second-order valence-corrected chi connectivity index (χ2v) is 13.9. The number of amides is 1. The van der Waals surface area contributed by atoms with Crippen molar-refractivity contribution in [1.29, 1.82) is 0 Å². The number of hydrogen-bond acceptors (Lipinski definition) is 8. The molecule has 1 saturated heterocycles. The molecule has 1 amide bonds. The summed E-state index contributed by atoms with van der Waals surface area (Å²) in [6.07, 6.45) is 22.0. The van der Waals surface area contributed by atoms with Crippen molar-refractivity contribution in [3.05, 3.63) is 0 Å². The van der Waals surface area contributed by atoms with E-state index in [0.29, 0.717) is 19.4 Å². The lowest BCUT2D eigenvalue weighted by Gasteiger charge is -2.45. The number of unbranched alkanes of at least 4 members (excludes halogenated alkanes) is 16. The molecule has 0 bridgehead atoms. The molecule has 5 N–H and O–H groups in total. The Labute approximate surface area is 293 Å². The summed E-state index contributed by atoms with van der Waals surface area (Å²) in [6.45, 7) is 1.54. The summed E-state index contributed by atoms with van der Waals surface area (Å²) in [5.74, 6) is -4.75. The van der Waals surface area contributed by atoms with Crippen molar-refractivity contribution in [2.75, 3.05) is 58.9 Å². The van der Waals surface area contributed by atoms with Crippen LogP contribution in [0, 0.1) is 0 Å². The fraction of sp³-hybridized carbons (Fsp3) is 0.861. The van der Waals surface area contributed by atoms with Gasteiger partial charge in [-0.05, 0) is 19.3 Å². The van der Waals surface area contributed by atoms with Crippen LogP contribution in [0.25, 0.3) is 0 Å². The molecule has 0 radical (unpaired) electrons. The molecule has 49 heavy (non-hydrogen) atoms. The standard InChI is InChI=1S/C36H66N4O9/c1-2-3-4-5-6-7-8-9-10-11-12-13-14-15-16-19-22-37-31(41)20-17-18-21-36(40(27-34(46)47)28-35(48)49)29-38(25-32(42)43)23-24-39(30-36)26-33(44)45/h2-30H2,1H3,(H,37,41)(H,42,43)(H,44,45)(H,46,47)(H,48,49). The topological polar surface area (TPSA) is 188 Å². The summed E-state index contributed by atoms with van der Waals surface area (Å²) >= 11 is 0. The molecule has 0 atom stereocenters. The van der Waals surface area contributed by atoms with Crippen LogP contribution in [0.15, 0.2) is 0 Å². The average Bonchev–Trinajstić information content (AvgIpc) is 3.18. The number of carbonyl (C=O) groups is 5. The third-order valence-electron chi connectivity index (χ3n) is 9.46. The molecule has 0 saturated carbocycles. The lowest BCUT2D eigenvalue weighted by molar-refractivity contribution is -0.148. The van der Waals surface area contributed by atoms with E-state index in [1.54, 1.807) is 9.80 Å². The molecular weight excluding hydrogens is 632 g/mol. The smallest absolute Gasteiger partial charge is 0.317 e. The number of nitrogens with zero attached hydrogens (tertiary/aromatic N) is 3. The van der Waals surface area contributed by atoms with Crippen molar-refractivity contribution in [3.63, 3.8) is 0 Å². The van der Waals surface area contributed by atoms with E-state index in [1.165, 1.54) is 88.4 Å². The largest absolute Gasteiger partial charge is 0.480 e. The number of hydrogen-bond donors (Lipinski definition) is 5. The molecule has 1 rings (SSSR count). The highest BCUT2D eigenvalue weighted by atomic mass is 16.4. The van der Waals surface area contributed by atoms with E-state index in [1.807, 2.05) is 0 Å². The molecular formula is C36H66N4O9. The van der Waals surface area contributed by atoms with E-state index < -0.39 is 42.5 Å². The molecule has 0 spiro atoms. The summed E-state index contributed by atoms with van der Waals surface area (Å²) in [4.78, 5) is 63.8. The Bertz CT molecular complexity index is 923. The van der Waals surface area contributed by atoms with Crippen LogP contribution < -0.4 is 5.32 Å². The molecule has 13 heteroatoms. The van der Waals surface area contributed by atoms with E-state index in [0.717, 1.165) is 19.3 Å². The van der Waals surface area contributed by atoms with Gasteiger partial charge in [0.15, 0.2) is 0 Å². The first kappa shape index (κ1) is 44.3. The van der Waals surface area contributed by atoms with Gasteiger partial charge in [-0.2, -0.15) is 0 Å². The van der Waals surface area contributed by atoms with E-state index >= 15 is 0 Å². The van der Waals surface area contributed by atoms with Gasteiger partial charge in [0.2, 0.25) is 5.91 Å². The first-order valence-corrected chi connectivity index (χ1v) is 18.8. The highest BCUT2D eigenvalue weighted by Gasteiger charge is 2.43. The summed E-state index contributed by atoms with van der Waals surface area (Å²) in [7, 11) is 0. The molecule has 0 aromatic heterocycles. The summed E-state index contributed by atoms with van der Waals surface area (Å²) in [6, 6.07) is 0. The molecule has 13 nitrogen and oxygen atoms in total. The van der Waals surface area contributed by atoms with Crippen molar-refractivity contribution in [3.8, 4) is 0 Å². The number of carbonyl (C=O) groups excluding carboxylic acids is 1. The normalized spacial score (nSPS) is 15.2. The SMILES string of the molecule is CCCCCCCCCCCCCCCCCCNC(=O)CCCCC1(N(CC(=O)O)CC(=O)O)CN(CC(=O)O)CCN(CC(=O)O)C1. The van der Waals surface area contributed by atoms with Gasteiger partial charge >= 0.3 is 23.9 Å². The zero-order valence-corrected chi connectivity index (χ0v) is 30.2. The minimum atomic E-state index is -1.24. The number of rotatable bonds is 31. The zero-order chi connectivity index (χ0) is 36.3. The van der Waals surface area contributed by atoms with Gasteiger partial charge in [-0.15, -0.1) is 0 Å². The molecule has 0 unspecified atom stereocenters. The van der Waals surface area contributed by atoms with E-state index in [2.05, 4.69) is 12.2 Å². The van der Waals surface area contributed by atoms with Gasteiger partial charge in [-0.1, -0.05) is 110 Å². The fourth-order valence-corrected chi connectivity index (χ4v) is 6.94. The number of carboxylic acid groups (broad SMARTS) is 4. The quantitative estimate of drug-likeness (QED) is 0.0616. The number of aliphatic carboxylic acids is 4. The summed E-state index contributed by atoms with van der Waals surface area (Å²) in [5, 5.41) is 41.1. The Balaban J connectivity index is 2.46. The first-order chi connectivity index (χ1) is 23.5. The second-order valence-electron chi connectivity index (χ2n) is 13.9. The predicted molar refractivity (Wildman–Crippen MR) is 189 cm³/mol. The average molecular weight is 699 g/mol. The second kappa shape index (κ2) is 27.0. The monoisotopic (exact) mass is 698 g/mol. The maximum absolute atomic E-state index is 12.5. The number of carboxylic acids is 4. The van der Waals surface area contributed by atoms with E-state index in [4.69, 9.17) is 0 Å². The zero-order valence-electron chi connectivity index (χ0n) is 30.2. The van der Waals surface area contributed by atoms with Crippen LogP contribution in [0.4, 0.5) is 0 Å². The van der Waals surface area contributed by atoms with Crippen LogP contribution in [-0.4, -0.2) is 129 Å². The van der Waals surface area contributed by atoms with Crippen molar-refractivity contribution >= 4 is 29.8 Å². The van der Waals surface area contributed by atoms with Crippen molar-refractivity contribution < 1.29 is 44.4 Å². The minimum Gasteiger partial charge on any atom is -0.480 e. The Morgan fingerprint density at radius 3 is 1.37 bits per heavy atom. The Morgan fingerprint density at radius 1 is 0.571 bits per heavy atom. The molecule has 0 aromatic rings. The van der Waals surface area contributed by atoms with Gasteiger partial charge < -0.3 is 25.7 Å². The highest BCUT2D eigenvalue weighted by molar-refractivity contribution is 5.75. The maximum Gasteiger partial charge on any atom is 0.317 e. The minimum absolute atomic E-state index is 0.0570. The van der Waals surface area contributed by atoms with Crippen molar-refractivity contribution in [1.82, 2.24) is 20.0 Å². The van der Waals surface area contributed by atoms with Crippen LogP contribution in [0.1, 0.15) is 135 Å². The summed E-state index contributed by atoms with van der Waals surface area (Å²) in [5.41, 5.74) is -1.15. The lowest BCUT2D eigenvalue weighted by Crippen LogP contribution is -2.62. The first-order valence-electron chi connectivity index (χ1n) is 18.8. The highest BCUT2D eigenvalue weighted by Crippen LogP contribution is 2.28. The van der Waals surface area contributed by atoms with Gasteiger partial charge in [0.1, 0.15) is 0 Å². The molecule has 1 aliphatic heterocycles. The fourth-order valence-electron chi connectivity index (χ4n) is 6.94. The third kappa shape index (κ3) is 22.5. The van der Waals surface area contributed by atoms with E-state index in [9.17, 15) is 44.4 Å². The van der Waals surface area contributed by atoms with Crippen LogP contribution in [-0.2, 0) is 24.0 Å². The lowest BCUT2D eigenvalue weighted by atomic mass is 9.88. The van der Waals surface area contributed by atoms with Crippen LogP contribution in [0.3, 0.4) is 0 Å². The molecule has 1 fully saturated rings. The van der Waals surface area contributed by atoms with Gasteiger partial charge in [0.25, 0.3) is 0 Å².